The largest absolute Gasteiger partial charge is 0.364 e. The van der Waals surface area contributed by atoms with Crippen LogP contribution in [0, 0.1) is 6.07 Å². The Morgan fingerprint density at radius 1 is 1.47 bits per heavy atom. The van der Waals surface area contributed by atoms with E-state index in [-0.39, 0.29) is 17.5 Å². The van der Waals surface area contributed by atoms with E-state index in [4.69, 9.17) is 5.73 Å². The van der Waals surface area contributed by atoms with Gasteiger partial charge in [0.05, 0.1) is 0 Å². The van der Waals surface area contributed by atoms with Crippen LogP contribution >= 0.6 is 0 Å². The van der Waals surface area contributed by atoms with Crippen molar-refractivity contribution in [2.24, 2.45) is 5.73 Å². The van der Waals surface area contributed by atoms with Crippen LogP contribution < -0.4 is 16.4 Å². The molecule has 1 heterocycles. The standard InChI is InChI=1S/C13H13N4O2/c1-2-15-13(19)17-10-7-8-5-3-4-6-9(8)11(16-10)12(14)18/h3-5,7H,2H2,1H3,(H2,14,18)(H2,15,16,17,19). The van der Waals surface area contributed by atoms with Gasteiger partial charge in [0.15, 0.2) is 0 Å². The van der Waals surface area contributed by atoms with Crippen LogP contribution in [-0.4, -0.2) is 23.5 Å². The Labute approximate surface area is 110 Å². The number of urea groups is 1. The minimum atomic E-state index is -0.660. The van der Waals surface area contributed by atoms with Gasteiger partial charge in [-0.25, -0.2) is 9.78 Å². The van der Waals surface area contributed by atoms with Gasteiger partial charge in [0.25, 0.3) is 5.91 Å². The highest BCUT2D eigenvalue weighted by molar-refractivity contribution is 6.05. The number of nitrogens with zero attached hydrogens (tertiary/aromatic N) is 1. The maximum absolute atomic E-state index is 11.4. The number of rotatable bonds is 3. The average Bonchev–Trinajstić information content (AvgIpc) is 2.37. The van der Waals surface area contributed by atoms with E-state index in [0.29, 0.717) is 11.9 Å². The smallest absolute Gasteiger partial charge is 0.320 e. The number of benzene rings is 1. The summed E-state index contributed by atoms with van der Waals surface area (Å²) in [7, 11) is 0. The second kappa shape index (κ2) is 5.34. The fourth-order valence-electron chi connectivity index (χ4n) is 1.69. The zero-order valence-corrected chi connectivity index (χ0v) is 10.4. The molecule has 0 fully saturated rings. The number of hydrogen-bond donors (Lipinski definition) is 3. The summed E-state index contributed by atoms with van der Waals surface area (Å²) in [5, 5.41) is 6.40. The lowest BCUT2D eigenvalue weighted by Crippen LogP contribution is -2.29. The number of nitrogens with one attached hydrogen (secondary N) is 2. The van der Waals surface area contributed by atoms with Crippen molar-refractivity contribution in [3.05, 3.63) is 36.0 Å². The third kappa shape index (κ3) is 2.79. The van der Waals surface area contributed by atoms with Crippen LogP contribution in [0.5, 0.6) is 0 Å². The third-order valence-electron chi connectivity index (χ3n) is 2.46. The van der Waals surface area contributed by atoms with Crippen LogP contribution in [0.2, 0.25) is 0 Å². The highest BCUT2D eigenvalue weighted by Gasteiger charge is 2.11. The van der Waals surface area contributed by atoms with Crippen LogP contribution in [-0.2, 0) is 0 Å². The van der Waals surface area contributed by atoms with E-state index in [1.54, 1.807) is 31.2 Å². The monoisotopic (exact) mass is 257 g/mol. The van der Waals surface area contributed by atoms with Crippen LogP contribution in [0.4, 0.5) is 10.6 Å². The molecule has 0 aliphatic carbocycles. The molecule has 6 nitrogen and oxygen atoms in total. The van der Waals surface area contributed by atoms with Gasteiger partial charge in [-0.2, -0.15) is 0 Å². The first-order valence-electron chi connectivity index (χ1n) is 5.78. The van der Waals surface area contributed by atoms with Crippen molar-refractivity contribution in [2.75, 3.05) is 11.9 Å². The molecule has 0 aliphatic rings. The van der Waals surface area contributed by atoms with E-state index in [1.165, 1.54) is 0 Å². The third-order valence-corrected chi connectivity index (χ3v) is 2.46. The Morgan fingerprint density at radius 3 is 2.95 bits per heavy atom. The van der Waals surface area contributed by atoms with Crippen molar-refractivity contribution in [1.29, 1.82) is 0 Å². The number of aromatic nitrogens is 1. The van der Waals surface area contributed by atoms with Gasteiger partial charge in [-0.3, -0.25) is 10.1 Å². The van der Waals surface area contributed by atoms with Crippen molar-refractivity contribution in [2.45, 2.75) is 6.92 Å². The maximum atomic E-state index is 11.4. The van der Waals surface area contributed by atoms with Crippen LogP contribution in [0.25, 0.3) is 10.8 Å². The molecule has 4 N–H and O–H groups in total. The second-order valence-corrected chi connectivity index (χ2v) is 3.84. The first-order valence-corrected chi connectivity index (χ1v) is 5.78. The topological polar surface area (TPSA) is 97.1 Å². The van der Waals surface area contributed by atoms with Crippen molar-refractivity contribution < 1.29 is 9.59 Å². The van der Waals surface area contributed by atoms with Gasteiger partial charge in [-0.15, -0.1) is 0 Å². The molecule has 6 heteroatoms. The number of hydrogen-bond acceptors (Lipinski definition) is 3. The molecule has 2 aromatic rings. The van der Waals surface area contributed by atoms with Gasteiger partial charge in [0.2, 0.25) is 0 Å². The molecule has 2 rings (SSSR count). The summed E-state index contributed by atoms with van der Waals surface area (Å²) in [5.74, 6) is -0.390. The first-order chi connectivity index (χ1) is 9.11. The number of fused-ring (bicyclic) bond motifs is 1. The van der Waals surface area contributed by atoms with E-state index in [0.717, 1.165) is 5.39 Å². The predicted octanol–water partition coefficient (Wildman–Crippen LogP) is 1.28. The van der Waals surface area contributed by atoms with Crippen LogP contribution in [0.1, 0.15) is 17.4 Å². The number of primary amides is 1. The Bertz CT molecular complexity index is 640. The molecular weight excluding hydrogens is 244 g/mol. The summed E-state index contributed by atoms with van der Waals surface area (Å²) in [6.45, 7) is 2.30. The lowest BCUT2D eigenvalue weighted by atomic mass is 10.1. The Morgan fingerprint density at radius 2 is 2.26 bits per heavy atom. The van der Waals surface area contributed by atoms with Crippen molar-refractivity contribution in [3.8, 4) is 0 Å². The van der Waals surface area contributed by atoms with Crippen molar-refractivity contribution in [3.63, 3.8) is 0 Å². The number of carbonyl (C=O) groups is 2. The minimum absolute atomic E-state index is 0.0879. The summed E-state index contributed by atoms with van der Waals surface area (Å²) in [4.78, 5) is 26.9. The van der Waals surface area contributed by atoms with Gasteiger partial charge in [-0.1, -0.05) is 18.2 Å². The van der Waals surface area contributed by atoms with Crippen molar-refractivity contribution >= 4 is 28.5 Å². The molecule has 0 spiro atoms. The number of pyridine rings is 1. The number of amides is 3. The van der Waals surface area contributed by atoms with E-state index < -0.39 is 5.91 Å². The summed E-state index contributed by atoms with van der Waals surface area (Å²) < 4.78 is 0. The number of carbonyl (C=O) groups excluding carboxylic acids is 2. The quantitative estimate of drug-likeness (QED) is 0.772. The SMILES string of the molecule is CCNC(=O)Nc1cc2ccc[c]c2c(C(N)=O)n1. The van der Waals surface area contributed by atoms with Crippen molar-refractivity contribution in [1.82, 2.24) is 10.3 Å². The fourth-order valence-corrected chi connectivity index (χ4v) is 1.69. The predicted molar refractivity (Wildman–Crippen MR) is 71.8 cm³/mol. The average molecular weight is 257 g/mol. The Kier molecular flexibility index (Phi) is 3.61. The molecule has 1 aromatic heterocycles. The summed E-state index contributed by atoms with van der Waals surface area (Å²) in [5.41, 5.74) is 5.38. The van der Waals surface area contributed by atoms with Gasteiger partial charge in [0.1, 0.15) is 11.5 Å². The highest BCUT2D eigenvalue weighted by Crippen LogP contribution is 2.20. The molecule has 0 bridgehead atoms. The lowest BCUT2D eigenvalue weighted by molar-refractivity contribution is 0.0997. The summed E-state index contributed by atoms with van der Waals surface area (Å²) in [6.07, 6.45) is 0. The number of anilines is 1. The van der Waals surface area contributed by atoms with Gasteiger partial charge < -0.3 is 11.1 Å². The lowest BCUT2D eigenvalue weighted by Gasteiger charge is -2.08. The normalized spacial score (nSPS) is 10.2. The molecule has 1 aromatic carbocycles. The molecular formula is C13H13N4O2. The van der Waals surface area contributed by atoms with E-state index in [1.807, 2.05) is 0 Å². The number of nitrogens with two attached hydrogens (primary N) is 1. The fraction of sp³-hybridized carbons (Fsp3) is 0.154. The Balaban J connectivity index is 2.46. The molecule has 0 unspecified atom stereocenters. The van der Waals surface area contributed by atoms with E-state index in [9.17, 15) is 9.59 Å². The highest BCUT2D eigenvalue weighted by atomic mass is 16.2. The minimum Gasteiger partial charge on any atom is -0.364 e. The van der Waals surface area contributed by atoms with Gasteiger partial charge >= 0.3 is 6.03 Å². The van der Waals surface area contributed by atoms with Crippen LogP contribution in [0.15, 0.2) is 24.3 Å². The van der Waals surface area contributed by atoms with Gasteiger partial charge in [0, 0.05) is 11.9 Å². The molecule has 0 saturated carbocycles. The molecule has 3 amide bonds. The molecule has 0 saturated heterocycles. The first kappa shape index (κ1) is 12.8. The van der Waals surface area contributed by atoms with Crippen LogP contribution in [0.3, 0.4) is 0 Å². The second-order valence-electron chi connectivity index (χ2n) is 3.84. The molecule has 1 radical (unpaired) electrons. The van der Waals surface area contributed by atoms with Gasteiger partial charge in [-0.05, 0) is 24.4 Å². The molecule has 0 aliphatic heterocycles. The zero-order valence-electron chi connectivity index (χ0n) is 10.4. The zero-order chi connectivity index (χ0) is 13.8. The molecule has 97 valence electrons. The Hall–Kier alpha value is -2.63. The van der Waals surface area contributed by atoms with E-state index >= 15 is 0 Å². The maximum Gasteiger partial charge on any atom is 0.320 e. The summed E-state index contributed by atoms with van der Waals surface area (Å²) >= 11 is 0. The van der Waals surface area contributed by atoms with E-state index in [2.05, 4.69) is 21.7 Å². The summed E-state index contributed by atoms with van der Waals surface area (Å²) in [6, 6.07) is 9.44. The molecule has 0 atom stereocenters. The molecule has 19 heavy (non-hydrogen) atoms.